The van der Waals surface area contributed by atoms with E-state index in [1.54, 1.807) is 0 Å². The smallest absolute Gasteiger partial charge is 0 e. The summed E-state index contributed by atoms with van der Waals surface area (Å²) in [6.45, 7) is 0. The van der Waals surface area contributed by atoms with E-state index >= 15 is 0 Å². The van der Waals surface area contributed by atoms with Gasteiger partial charge < -0.3 is 0 Å². The second kappa shape index (κ2) is 23.4. The first-order valence-corrected chi connectivity index (χ1v) is 25.4. The monoisotopic (exact) mass is 854 g/mol. The molecule has 0 nitrogen and oxygen atoms in total. The number of hydrogen-bond donors (Lipinski definition) is 0. The zero-order chi connectivity index (χ0) is 38.0. The van der Waals surface area contributed by atoms with Gasteiger partial charge in [0.05, 0.1) is 0 Å². The topological polar surface area (TPSA) is 0 Å². The van der Waals surface area contributed by atoms with Gasteiger partial charge in [0.15, 0.2) is 0 Å². The van der Waals surface area contributed by atoms with Gasteiger partial charge in [-0.2, -0.15) is 0 Å². The molecular weight excluding hydrogens is 807 g/mol. The summed E-state index contributed by atoms with van der Waals surface area (Å²) in [6.07, 6.45) is 4.83. The Kier molecular flexibility index (Phi) is 17.5. The molecule has 8 rings (SSSR count). The van der Waals surface area contributed by atoms with E-state index in [9.17, 15) is 0 Å². The van der Waals surface area contributed by atoms with Crippen molar-refractivity contribution < 1.29 is 16.5 Å². The molecule has 0 bridgehead atoms. The quantitative estimate of drug-likeness (QED) is 0.0755. The van der Waals surface area contributed by atoms with E-state index < -0.39 is 0 Å². The molecule has 8 aromatic carbocycles. The number of benzene rings is 8. The largest absolute Gasteiger partial charge is 0.0622 e. The van der Waals surface area contributed by atoms with E-state index in [0.29, 0.717) is 0 Å². The van der Waals surface area contributed by atoms with E-state index in [1.165, 1.54) is 67.1 Å². The molecule has 0 unspecified atom stereocenters. The van der Waals surface area contributed by atoms with Crippen LogP contribution in [0.1, 0.15) is 0 Å². The molecule has 0 saturated carbocycles. The SMILES string of the molecule is [Ni].c1ccc(P(CCP(c2ccccc2)c2ccccc2)c2ccccc2)cc1.c1ccc(P(CCP(c2ccccc2)c2ccccc2)c2ccccc2)cc1. The van der Waals surface area contributed by atoms with Crippen molar-refractivity contribution in [1.82, 2.24) is 0 Å². The van der Waals surface area contributed by atoms with Gasteiger partial charge in [0, 0.05) is 16.5 Å². The van der Waals surface area contributed by atoms with Gasteiger partial charge in [0.25, 0.3) is 0 Å². The van der Waals surface area contributed by atoms with Gasteiger partial charge in [-0.25, -0.2) is 0 Å². The first kappa shape index (κ1) is 42.6. The van der Waals surface area contributed by atoms with Crippen LogP contribution in [-0.4, -0.2) is 24.6 Å². The standard InChI is InChI=1S/2C26H24P2.Ni/c2*1-5-13-23(14-6-1)27(24-15-7-2-8-16-24)21-22-28(25-17-9-3-10-18-25)26-19-11-4-12-20-26;/h2*1-20H,21-22H2;. The Morgan fingerprint density at radius 1 is 0.175 bits per heavy atom. The molecule has 0 spiro atoms. The second-order valence-electron chi connectivity index (χ2n) is 13.3. The summed E-state index contributed by atoms with van der Waals surface area (Å²) >= 11 is 0. The molecule has 0 fully saturated rings. The normalized spacial score (nSPS) is 10.9. The van der Waals surface area contributed by atoms with Gasteiger partial charge in [-0.1, -0.05) is 243 Å². The molecule has 57 heavy (non-hydrogen) atoms. The van der Waals surface area contributed by atoms with E-state index in [1.807, 2.05) is 0 Å². The van der Waals surface area contributed by atoms with Crippen LogP contribution in [-0.2, 0) is 16.5 Å². The number of rotatable bonds is 14. The van der Waals surface area contributed by atoms with Crippen molar-refractivity contribution in [3.63, 3.8) is 0 Å². The summed E-state index contributed by atoms with van der Waals surface area (Å²) < 4.78 is 0. The predicted octanol–water partition coefficient (Wildman–Crippen LogP) is 10.5. The molecule has 0 aliphatic rings. The van der Waals surface area contributed by atoms with Crippen molar-refractivity contribution in [2.45, 2.75) is 0 Å². The van der Waals surface area contributed by atoms with E-state index in [2.05, 4.69) is 243 Å². The molecule has 8 aromatic rings. The van der Waals surface area contributed by atoms with Crippen LogP contribution in [0.3, 0.4) is 0 Å². The van der Waals surface area contributed by atoms with Crippen LogP contribution in [0.2, 0.25) is 0 Å². The molecule has 0 aromatic heterocycles. The Bertz CT molecular complexity index is 1760. The van der Waals surface area contributed by atoms with Crippen LogP contribution in [0, 0.1) is 0 Å². The van der Waals surface area contributed by atoms with Gasteiger partial charge in [-0.15, -0.1) is 0 Å². The summed E-state index contributed by atoms with van der Waals surface area (Å²) in [7, 11) is -1.39. The fourth-order valence-corrected chi connectivity index (χ4v) is 17.6. The molecule has 0 saturated heterocycles. The fourth-order valence-electron chi connectivity index (χ4n) is 6.89. The molecule has 0 heterocycles. The molecule has 0 atom stereocenters. The van der Waals surface area contributed by atoms with Crippen molar-refractivity contribution in [2.75, 3.05) is 24.6 Å². The Hall–Kier alpha value is -4.03. The van der Waals surface area contributed by atoms with Crippen LogP contribution < -0.4 is 42.4 Å². The first-order chi connectivity index (χ1) is 27.8. The maximum Gasteiger partial charge on any atom is 0 e. The van der Waals surface area contributed by atoms with E-state index in [0.717, 1.165) is 0 Å². The maximum atomic E-state index is 2.30. The van der Waals surface area contributed by atoms with Crippen molar-refractivity contribution in [3.8, 4) is 0 Å². The Morgan fingerprint density at radius 2 is 0.281 bits per heavy atom. The summed E-state index contributed by atoms with van der Waals surface area (Å²) in [5.74, 6) is 0. The van der Waals surface area contributed by atoms with Crippen molar-refractivity contribution in [3.05, 3.63) is 243 Å². The van der Waals surface area contributed by atoms with Gasteiger partial charge in [-0.05, 0) is 98.8 Å². The predicted molar refractivity (Wildman–Crippen MR) is 256 cm³/mol. The molecule has 0 N–H and O–H groups in total. The van der Waals surface area contributed by atoms with Crippen molar-refractivity contribution in [1.29, 1.82) is 0 Å². The van der Waals surface area contributed by atoms with Gasteiger partial charge in [0.2, 0.25) is 0 Å². The van der Waals surface area contributed by atoms with Crippen LogP contribution in [0.4, 0.5) is 0 Å². The molecule has 5 heteroatoms. The Balaban J connectivity index is 0.000000189. The fraction of sp³-hybridized carbons (Fsp3) is 0.0769. The average Bonchev–Trinajstić information content (AvgIpc) is 3.29. The zero-order valence-corrected chi connectivity index (χ0v) is 36.6. The van der Waals surface area contributed by atoms with Crippen LogP contribution in [0.15, 0.2) is 243 Å². The summed E-state index contributed by atoms with van der Waals surface area (Å²) in [5.41, 5.74) is 0. The molecule has 286 valence electrons. The van der Waals surface area contributed by atoms with Crippen LogP contribution >= 0.6 is 31.7 Å². The Morgan fingerprint density at radius 3 is 0.386 bits per heavy atom. The summed E-state index contributed by atoms with van der Waals surface area (Å²) in [4.78, 5) is 0. The van der Waals surface area contributed by atoms with Gasteiger partial charge in [0.1, 0.15) is 0 Å². The molecule has 0 amide bonds. The number of hydrogen-bond acceptors (Lipinski definition) is 0. The van der Waals surface area contributed by atoms with Crippen molar-refractivity contribution in [2.24, 2.45) is 0 Å². The van der Waals surface area contributed by atoms with Crippen LogP contribution in [0.5, 0.6) is 0 Å². The van der Waals surface area contributed by atoms with Gasteiger partial charge >= 0.3 is 0 Å². The minimum absolute atomic E-state index is 0. The van der Waals surface area contributed by atoms with Gasteiger partial charge in [-0.3, -0.25) is 0 Å². The molecule has 0 radical (unpaired) electrons. The molecular formula is C52H48NiP4. The minimum atomic E-state index is -0.348. The van der Waals surface area contributed by atoms with E-state index in [4.69, 9.17) is 0 Å². The minimum Gasteiger partial charge on any atom is -0.0622 e. The van der Waals surface area contributed by atoms with Crippen molar-refractivity contribution >= 4 is 74.1 Å². The first-order valence-electron chi connectivity index (χ1n) is 19.3. The summed E-state index contributed by atoms with van der Waals surface area (Å²) in [6, 6.07) is 88.4. The molecule has 0 aliphatic carbocycles. The Labute approximate surface area is 355 Å². The summed E-state index contributed by atoms with van der Waals surface area (Å²) in [5, 5.41) is 11.8. The van der Waals surface area contributed by atoms with Crippen LogP contribution in [0.25, 0.3) is 0 Å². The van der Waals surface area contributed by atoms with E-state index in [-0.39, 0.29) is 48.2 Å². The third-order valence-electron chi connectivity index (χ3n) is 9.64. The third kappa shape index (κ3) is 12.5. The maximum absolute atomic E-state index is 2.30. The second-order valence-corrected chi connectivity index (χ2v) is 22.6. The average molecular weight is 856 g/mol. The third-order valence-corrected chi connectivity index (χ3v) is 20.4. The zero-order valence-electron chi connectivity index (χ0n) is 32.0. The molecule has 0 aliphatic heterocycles.